The van der Waals surface area contributed by atoms with Gasteiger partial charge < -0.3 is 10.1 Å². The second kappa shape index (κ2) is 10.3. The highest BCUT2D eigenvalue weighted by Gasteiger charge is 2.03. The van der Waals surface area contributed by atoms with E-state index in [9.17, 15) is 0 Å². The van der Waals surface area contributed by atoms with Crippen LogP contribution in [0.15, 0.2) is 29.3 Å². The van der Waals surface area contributed by atoms with Gasteiger partial charge >= 0.3 is 0 Å². The zero-order chi connectivity index (χ0) is 15.5. The Kier molecular flexibility index (Phi) is 7.86. The van der Waals surface area contributed by atoms with Gasteiger partial charge in [0, 0.05) is 19.5 Å². The van der Waals surface area contributed by atoms with Crippen molar-refractivity contribution in [3.8, 4) is 5.75 Å². The lowest BCUT2D eigenvalue weighted by Crippen LogP contribution is -2.26. The monoisotopic (exact) mass is 302 g/mol. The summed E-state index contributed by atoms with van der Waals surface area (Å²) in [7, 11) is 0. The molecule has 1 N–H and O–H groups in total. The number of hydrogen-bond donors (Lipinski definition) is 1. The molecule has 0 aliphatic carbocycles. The minimum atomic E-state index is 0.817. The van der Waals surface area contributed by atoms with Crippen molar-refractivity contribution in [1.29, 1.82) is 0 Å². The van der Waals surface area contributed by atoms with Crippen molar-refractivity contribution >= 4 is 5.84 Å². The fraction of sp³-hybridized carbons (Fsp3) is 0.632. The third-order valence-corrected chi connectivity index (χ3v) is 4.06. The molecule has 122 valence electrons. The first-order chi connectivity index (χ1) is 10.9. The normalized spacial score (nSPS) is 15.6. The molecule has 2 rings (SSSR count). The van der Waals surface area contributed by atoms with Gasteiger partial charge in [0.05, 0.1) is 12.4 Å². The first-order valence-electron chi connectivity index (χ1n) is 8.87. The number of hydrogen-bond acceptors (Lipinski definition) is 3. The summed E-state index contributed by atoms with van der Waals surface area (Å²) in [6, 6.07) is 8.50. The fourth-order valence-corrected chi connectivity index (χ4v) is 2.63. The van der Waals surface area contributed by atoms with Crippen LogP contribution in [0.25, 0.3) is 0 Å². The largest absolute Gasteiger partial charge is 0.494 e. The van der Waals surface area contributed by atoms with E-state index in [2.05, 4.69) is 41.5 Å². The van der Waals surface area contributed by atoms with Gasteiger partial charge in [-0.2, -0.15) is 0 Å². The van der Waals surface area contributed by atoms with Gasteiger partial charge in [-0.25, -0.2) is 0 Å². The Bertz CT molecular complexity index is 439. The average Bonchev–Trinajstić information content (AvgIpc) is 2.51. The van der Waals surface area contributed by atoms with E-state index in [-0.39, 0.29) is 0 Å². The second-order valence-electron chi connectivity index (χ2n) is 6.02. The van der Waals surface area contributed by atoms with Crippen LogP contribution in [0.2, 0.25) is 0 Å². The van der Waals surface area contributed by atoms with Crippen LogP contribution in [0.4, 0.5) is 0 Å². The van der Waals surface area contributed by atoms with Gasteiger partial charge in [0.2, 0.25) is 0 Å². The number of ether oxygens (including phenoxy) is 1. The molecule has 0 spiro atoms. The second-order valence-corrected chi connectivity index (χ2v) is 6.02. The topological polar surface area (TPSA) is 33.6 Å². The molecule has 0 atom stereocenters. The SMILES string of the molecule is CCCCOc1ccc(CCNC2=NCCCCCC2)cc1. The lowest BCUT2D eigenvalue weighted by atomic mass is 10.1. The lowest BCUT2D eigenvalue weighted by Gasteiger charge is -2.13. The summed E-state index contributed by atoms with van der Waals surface area (Å²) in [6.07, 6.45) is 9.64. The Hall–Kier alpha value is -1.51. The van der Waals surface area contributed by atoms with Gasteiger partial charge in [-0.1, -0.05) is 38.3 Å². The van der Waals surface area contributed by atoms with Crippen LogP contribution >= 0.6 is 0 Å². The molecule has 0 fully saturated rings. The van der Waals surface area contributed by atoms with Crippen LogP contribution in [0.1, 0.15) is 57.4 Å². The van der Waals surface area contributed by atoms with Gasteiger partial charge in [-0.3, -0.25) is 4.99 Å². The third-order valence-electron chi connectivity index (χ3n) is 4.06. The standard InChI is InChI=1S/C19H30N2O/c1-2-3-16-22-18-11-9-17(10-12-18)13-15-21-19-8-6-4-5-7-14-20-19/h9-12H,2-8,13-16H2,1H3,(H,20,21). The number of rotatable bonds is 7. The molecule has 0 unspecified atom stereocenters. The summed E-state index contributed by atoms with van der Waals surface area (Å²) in [5.41, 5.74) is 1.35. The van der Waals surface area contributed by atoms with Crippen molar-refractivity contribution in [2.75, 3.05) is 19.7 Å². The Morgan fingerprint density at radius 1 is 1.09 bits per heavy atom. The highest BCUT2D eigenvalue weighted by atomic mass is 16.5. The van der Waals surface area contributed by atoms with Crippen LogP contribution in [0, 0.1) is 0 Å². The molecule has 22 heavy (non-hydrogen) atoms. The minimum Gasteiger partial charge on any atom is -0.494 e. The minimum absolute atomic E-state index is 0.817. The smallest absolute Gasteiger partial charge is 0.119 e. The molecule has 1 aliphatic heterocycles. The maximum absolute atomic E-state index is 5.69. The lowest BCUT2D eigenvalue weighted by molar-refractivity contribution is 0.309. The van der Waals surface area contributed by atoms with E-state index < -0.39 is 0 Å². The van der Waals surface area contributed by atoms with Crippen molar-refractivity contribution in [3.05, 3.63) is 29.8 Å². The Labute approximate surface area is 135 Å². The fourth-order valence-electron chi connectivity index (χ4n) is 2.63. The van der Waals surface area contributed by atoms with Gasteiger partial charge in [-0.15, -0.1) is 0 Å². The highest BCUT2D eigenvalue weighted by Crippen LogP contribution is 2.13. The molecule has 0 aromatic heterocycles. The van der Waals surface area contributed by atoms with E-state index in [1.165, 1.54) is 43.5 Å². The molecule has 3 nitrogen and oxygen atoms in total. The number of benzene rings is 1. The maximum Gasteiger partial charge on any atom is 0.119 e. The maximum atomic E-state index is 5.69. The molecular formula is C19H30N2O. The molecular weight excluding hydrogens is 272 g/mol. The van der Waals surface area contributed by atoms with Crippen LogP contribution in [-0.2, 0) is 6.42 Å². The summed E-state index contributed by atoms with van der Waals surface area (Å²) < 4.78 is 5.69. The zero-order valence-electron chi connectivity index (χ0n) is 13.9. The molecule has 0 radical (unpaired) electrons. The van der Waals surface area contributed by atoms with Crippen molar-refractivity contribution in [2.24, 2.45) is 4.99 Å². The number of amidine groups is 1. The third kappa shape index (κ3) is 6.50. The quantitative estimate of drug-likeness (QED) is 0.759. The van der Waals surface area contributed by atoms with Crippen LogP contribution < -0.4 is 10.1 Å². The van der Waals surface area contributed by atoms with E-state index in [1.807, 2.05) is 0 Å². The van der Waals surface area contributed by atoms with E-state index >= 15 is 0 Å². The predicted octanol–water partition coefficient (Wildman–Crippen LogP) is 4.36. The summed E-state index contributed by atoms with van der Waals surface area (Å²) in [5.74, 6) is 2.19. The molecule has 0 saturated heterocycles. The van der Waals surface area contributed by atoms with Gasteiger partial charge in [0.25, 0.3) is 0 Å². The molecule has 0 saturated carbocycles. The Morgan fingerprint density at radius 2 is 1.91 bits per heavy atom. The zero-order valence-corrected chi connectivity index (χ0v) is 13.9. The molecule has 1 aromatic carbocycles. The summed E-state index contributed by atoms with van der Waals surface area (Å²) in [6.45, 7) is 4.96. The number of nitrogens with one attached hydrogen (secondary N) is 1. The van der Waals surface area contributed by atoms with Crippen molar-refractivity contribution < 1.29 is 4.74 Å². The van der Waals surface area contributed by atoms with Crippen molar-refractivity contribution in [3.63, 3.8) is 0 Å². The van der Waals surface area contributed by atoms with E-state index in [1.54, 1.807) is 0 Å². The van der Waals surface area contributed by atoms with Gasteiger partial charge in [0.1, 0.15) is 5.75 Å². The van der Waals surface area contributed by atoms with Crippen molar-refractivity contribution in [1.82, 2.24) is 5.32 Å². The first kappa shape index (κ1) is 16.9. The molecule has 0 bridgehead atoms. The average molecular weight is 302 g/mol. The Morgan fingerprint density at radius 3 is 2.73 bits per heavy atom. The van der Waals surface area contributed by atoms with Crippen LogP contribution in [0.3, 0.4) is 0 Å². The molecule has 1 aromatic rings. The highest BCUT2D eigenvalue weighted by molar-refractivity contribution is 5.82. The summed E-state index contributed by atoms with van der Waals surface area (Å²) in [4.78, 5) is 4.66. The number of unbranched alkanes of at least 4 members (excludes halogenated alkanes) is 1. The summed E-state index contributed by atoms with van der Waals surface area (Å²) in [5, 5.41) is 3.51. The van der Waals surface area contributed by atoms with Crippen LogP contribution in [0.5, 0.6) is 5.75 Å². The van der Waals surface area contributed by atoms with E-state index in [0.717, 1.165) is 44.7 Å². The Balaban J connectivity index is 1.69. The first-order valence-corrected chi connectivity index (χ1v) is 8.87. The van der Waals surface area contributed by atoms with E-state index in [0.29, 0.717) is 0 Å². The molecule has 3 heteroatoms. The van der Waals surface area contributed by atoms with E-state index in [4.69, 9.17) is 4.74 Å². The predicted molar refractivity (Wildman–Crippen MR) is 93.9 cm³/mol. The summed E-state index contributed by atoms with van der Waals surface area (Å²) >= 11 is 0. The van der Waals surface area contributed by atoms with Crippen LogP contribution in [-0.4, -0.2) is 25.5 Å². The molecule has 1 heterocycles. The van der Waals surface area contributed by atoms with Gasteiger partial charge in [0.15, 0.2) is 0 Å². The van der Waals surface area contributed by atoms with Crippen molar-refractivity contribution in [2.45, 2.75) is 58.3 Å². The molecule has 0 amide bonds. The number of aliphatic imine (C=N–C) groups is 1. The number of nitrogens with zero attached hydrogens (tertiary/aromatic N) is 1. The van der Waals surface area contributed by atoms with Gasteiger partial charge in [-0.05, 0) is 43.4 Å². The molecule has 1 aliphatic rings.